The first-order valence-electron chi connectivity index (χ1n) is 5.18. The number of aromatic hydroxyl groups is 1. The molecule has 0 aliphatic carbocycles. The van der Waals surface area contributed by atoms with Crippen LogP contribution >= 0.6 is 0 Å². The first kappa shape index (κ1) is 16.2. The lowest BCUT2D eigenvalue weighted by Gasteiger charge is -2.26. The van der Waals surface area contributed by atoms with Crippen molar-refractivity contribution in [1.29, 1.82) is 0 Å². The van der Waals surface area contributed by atoms with Gasteiger partial charge < -0.3 is 15.6 Å². The highest BCUT2D eigenvalue weighted by Crippen LogP contribution is 2.44. The van der Waals surface area contributed by atoms with Crippen molar-refractivity contribution in [2.24, 2.45) is 5.73 Å². The van der Waals surface area contributed by atoms with Gasteiger partial charge >= 0.3 is 18.1 Å². The van der Waals surface area contributed by atoms with E-state index in [4.69, 9.17) is 5.73 Å². The summed E-state index contributed by atoms with van der Waals surface area (Å²) in [6.07, 6.45) is -5.82. The predicted octanol–water partition coefficient (Wildman–Crippen LogP) is 2.51. The fraction of sp³-hybridized carbons (Fsp3) is 0.364. The number of ether oxygens (including phenoxy) is 1. The van der Waals surface area contributed by atoms with Crippen LogP contribution in [0.15, 0.2) is 18.2 Å². The molecule has 0 amide bonds. The van der Waals surface area contributed by atoms with Crippen molar-refractivity contribution >= 4 is 5.97 Å². The van der Waals surface area contributed by atoms with E-state index in [2.05, 4.69) is 4.74 Å². The molecule has 9 heteroatoms. The molecule has 20 heavy (non-hydrogen) atoms. The first-order valence-corrected chi connectivity index (χ1v) is 5.18. The second kappa shape index (κ2) is 5.23. The van der Waals surface area contributed by atoms with Crippen LogP contribution in [0.25, 0.3) is 0 Å². The fourth-order valence-corrected chi connectivity index (χ4v) is 1.35. The van der Waals surface area contributed by atoms with Crippen molar-refractivity contribution in [2.75, 3.05) is 0 Å². The number of benzene rings is 1. The Morgan fingerprint density at radius 1 is 1.30 bits per heavy atom. The number of hydrogen-bond donors (Lipinski definition) is 2. The molecular weight excluding hydrogens is 289 g/mol. The van der Waals surface area contributed by atoms with E-state index >= 15 is 0 Å². The second-order valence-electron chi connectivity index (χ2n) is 3.92. The van der Waals surface area contributed by atoms with Gasteiger partial charge in [0.1, 0.15) is 6.04 Å². The van der Waals surface area contributed by atoms with Gasteiger partial charge in [0.2, 0.25) is 0 Å². The molecule has 0 unspecified atom stereocenters. The van der Waals surface area contributed by atoms with Gasteiger partial charge in [0.15, 0.2) is 11.5 Å². The van der Waals surface area contributed by atoms with Gasteiger partial charge in [-0.2, -0.15) is 22.0 Å². The van der Waals surface area contributed by atoms with Gasteiger partial charge in [0, 0.05) is 6.92 Å². The van der Waals surface area contributed by atoms with Crippen LogP contribution in [0.5, 0.6) is 11.5 Å². The summed E-state index contributed by atoms with van der Waals surface area (Å²) < 4.78 is 67.0. The molecule has 0 bridgehead atoms. The SMILES string of the molecule is CC(=O)Oc1ccc([C@H](N)C(F)(F)C(F)(F)F)cc1O. The molecule has 1 atom stereocenters. The van der Waals surface area contributed by atoms with Gasteiger partial charge in [-0.15, -0.1) is 0 Å². The van der Waals surface area contributed by atoms with Gasteiger partial charge in [0.25, 0.3) is 0 Å². The molecule has 0 saturated heterocycles. The number of esters is 1. The fourth-order valence-electron chi connectivity index (χ4n) is 1.35. The Balaban J connectivity index is 3.10. The van der Waals surface area contributed by atoms with Crippen molar-refractivity contribution in [3.63, 3.8) is 0 Å². The molecule has 0 heterocycles. The van der Waals surface area contributed by atoms with E-state index in [0.29, 0.717) is 6.07 Å². The Kier molecular flexibility index (Phi) is 4.23. The lowest BCUT2D eigenvalue weighted by atomic mass is 10.0. The zero-order chi connectivity index (χ0) is 15.7. The average molecular weight is 299 g/mol. The molecule has 0 aliphatic heterocycles. The topological polar surface area (TPSA) is 72.5 Å². The summed E-state index contributed by atoms with van der Waals surface area (Å²) in [5.74, 6) is -7.10. The zero-order valence-electron chi connectivity index (χ0n) is 10.0. The maximum Gasteiger partial charge on any atom is 0.455 e. The molecule has 0 radical (unpaired) electrons. The van der Waals surface area contributed by atoms with E-state index in [1.807, 2.05) is 0 Å². The summed E-state index contributed by atoms with van der Waals surface area (Å²) in [6.45, 7) is 1.02. The number of phenolic OH excluding ortho intramolecular Hbond substituents is 1. The smallest absolute Gasteiger partial charge is 0.455 e. The Bertz CT molecular complexity index is 515. The highest BCUT2D eigenvalue weighted by molar-refractivity contribution is 5.70. The van der Waals surface area contributed by atoms with Crippen LogP contribution in [0.3, 0.4) is 0 Å². The van der Waals surface area contributed by atoms with E-state index in [1.165, 1.54) is 0 Å². The molecule has 1 aromatic rings. The summed E-state index contributed by atoms with van der Waals surface area (Å²) in [5, 5.41) is 9.40. The minimum atomic E-state index is -5.82. The molecule has 1 rings (SSSR count). The number of carbonyl (C=O) groups excluding carboxylic acids is 1. The lowest BCUT2D eigenvalue weighted by Crippen LogP contribution is -2.45. The number of hydrogen-bond acceptors (Lipinski definition) is 4. The third-order valence-corrected chi connectivity index (χ3v) is 2.36. The third kappa shape index (κ3) is 3.16. The summed E-state index contributed by atoms with van der Waals surface area (Å²) in [4.78, 5) is 10.6. The van der Waals surface area contributed by atoms with Crippen LogP contribution in [-0.4, -0.2) is 23.2 Å². The van der Waals surface area contributed by atoms with Crippen LogP contribution in [0.4, 0.5) is 22.0 Å². The van der Waals surface area contributed by atoms with E-state index in [9.17, 15) is 31.9 Å². The Hall–Kier alpha value is -1.90. The van der Waals surface area contributed by atoms with Gasteiger partial charge in [0.05, 0.1) is 0 Å². The molecule has 1 aromatic carbocycles. The van der Waals surface area contributed by atoms with Gasteiger partial charge in [-0.3, -0.25) is 4.79 Å². The van der Waals surface area contributed by atoms with E-state index in [-0.39, 0.29) is 5.75 Å². The van der Waals surface area contributed by atoms with E-state index in [1.54, 1.807) is 0 Å². The molecule has 3 N–H and O–H groups in total. The molecule has 4 nitrogen and oxygen atoms in total. The summed E-state index contributed by atoms with van der Waals surface area (Å²) in [6, 6.07) is -0.428. The van der Waals surface area contributed by atoms with Gasteiger partial charge in [-0.25, -0.2) is 0 Å². The first-order chi connectivity index (χ1) is 8.96. The molecule has 0 spiro atoms. The lowest BCUT2D eigenvalue weighted by molar-refractivity contribution is -0.291. The Morgan fingerprint density at radius 3 is 2.25 bits per heavy atom. The van der Waals surface area contributed by atoms with Crippen LogP contribution < -0.4 is 10.5 Å². The monoisotopic (exact) mass is 299 g/mol. The van der Waals surface area contributed by atoms with Crippen molar-refractivity contribution in [1.82, 2.24) is 0 Å². The predicted molar refractivity (Wildman–Crippen MR) is 57.3 cm³/mol. The largest absolute Gasteiger partial charge is 0.504 e. The molecular formula is C11H10F5NO3. The van der Waals surface area contributed by atoms with Crippen LogP contribution in [-0.2, 0) is 4.79 Å². The zero-order valence-corrected chi connectivity index (χ0v) is 10.0. The summed E-state index contributed by atoms with van der Waals surface area (Å²) in [5.41, 5.74) is 4.24. The number of nitrogens with two attached hydrogens (primary N) is 1. The second-order valence-corrected chi connectivity index (χ2v) is 3.92. The molecule has 0 fully saturated rings. The Morgan fingerprint density at radius 2 is 1.85 bits per heavy atom. The average Bonchev–Trinajstić information content (AvgIpc) is 2.28. The van der Waals surface area contributed by atoms with Gasteiger partial charge in [-0.05, 0) is 17.7 Å². The molecule has 0 saturated carbocycles. The minimum absolute atomic E-state index is 0.372. The molecule has 0 aliphatic rings. The molecule has 112 valence electrons. The normalized spacial score (nSPS) is 13.9. The van der Waals surface area contributed by atoms with Crippen molar-refractivity contribution in [3.05, 3.63) is 23.8 Å². The number of rotatable bonds is 3. The molecule has 0 aromatic heterocycles. The van der Waals surface area contributed by atoms with E-state index in [0.717, 1.165) is 19.1 Å². The van der Waals surface area contributed by atoms with Crippen molar-refractivity contribution < 1.29 is 36.6 Å². The minimum Gasteiger partial charge on any atom is -0.504 e. The quantitative estimate of drug-likeness (QED) is 0.511. The highest BCUT2D eigenvalue weighted by atomic mass is 19.4. The number of halogens is 5. The van der Waals surface area contributed by atoms with E-state index < -0.39 is 35.4 Å². The Labute approximate surface area is 109 Å². The van der Waals surface area contributed by atoms with Gasteiger partial charge in [-0.1, -0.05) is 6.07 Å². The summed E-state index contributed by atoms with van der Waals surface area (Å²) in [7, 11) is 0. The van der Waals surface area contributed by atoms with Crippen molar-refractivity contribution in [2.45, 2.75) is 25.1 Å². The standard InChI is InChI=1S/C11H10F5NO3/c1-5(18)20-8-3-2-6(4-7(8)19)9(17)10(12,13)11(14,15)16/h2-4,9,19H,17H2,1H3/t9-/m0/s1. The van der Waals surface area contributed by atoms with Crippen LogP contribution in [0.1, 0.15) is 18.5 Å². The highest BCUT2D eigenvalue weighted by Gasteiger charge is 2.61. The van der Waals surface area contributed by atoms with Crippen LogP contribution in [0.2, 0.25) is 0 Å². The number of phenols is 1. The number of alkyl halides is 5. The maximum absolute atomic E-state index is 13.0. The number of carbonyl (C=O) groups is 1. The maximum atomic E-state index is 13.0. The van der Waals surface area contributed by atoms with Crippen molar-refractivity contribution in [3.8, 4) is 11.5 Å². The summed E-state index contributed by atoms with van der Waals surface area (Å²) >= 11 is 0. The third-order valence-electron chi connectivity index (χ3n) is 2.36. The van der Waals surface area contributed by atoms with Crippen LogP contribution in [0, 0.1) is 0 Å².